The summed E-state index contributed by atoms with van der Waals surface area (Å²) in [5.41, 5.74) is 0.0162. The molecular formula is C17H11N2NaO6. The molecule has 2 amide bonds. The van der Waals surface area contributed by atoms with E-state index in [9.17, 15) is 29.6 Å². The Balaban J connectivity index is 0.00000243. The number of hydrogen-bond donors (Lipinski definition) is 0. The number of rotatable bonds is 5. The molecule has 8 nitrogen and oxygen atoms in total. The Morgan fingerprint density at radius 2 is 1.65 bits per heavy atom. The molecule has 1 aliphatic rings. The summed E-state index contributed by atoms with van der Waals surface area (Å²) in [6, 6.07) is 10.2. The molecule has 0 saturated carbocycles. The van der Waals surface area contributed by atoms with Gasteiger partial charge in [0.25, 0.3) is 17.5 Å². The van der Waals surface area contributed by atoms with Crippen LogP contribution in [-0.2, 0) is 11.2 Å². The first kappa shape index (κ1) is 19.8. The van der Waals surface area contributed by atoms with Gasteiger partial charge in [-0.1, -0.05) is 30.3 Å². The van der Waals surface area contributed by atoms with Gasteiger partial charge >= 0.3 is 29.6 Å². The average Bonchev–Trinajstić information content (AvgIpc) is 2.84. The fourth-order valence-corrected chi connectivity index (χ4v) is 2.76. The van der Waals surface area contributed by atoms with E-state index in [0.717, 1.165) is 18.2 Å². The number of amides is 2. The minimum absolute atomic E-state index is 0. The fraction of sp³-hybridized carbons (Fsp3) is 0.118. The Morgan fingerprint density at radius 3 is 2.23 bits per heavy atom. The first-order valence-corrected chi connectivity index (χ1v) is 7.31. The Bertz CT molecular complexity index is 899. The number of benzene rings is 2. The van der Waals surface area contributed by atoms with Crippen LogP contribution in [0.3, 0.4) is 0 Å². The normalized spacial score (nSPS) is 13.8. The van der Waals surface area contributed by atoms with Crippen molar-refractivity contribution in [3.63, 3.8) is 0 Å². The second-order valence-electron chi connectivity index (χ2n) is 5.49. The predicted molar refractivity (Wildman–Crippen MR) is 82.5 cm³/mol. The van der Waals surface area contributed by atoms with Crippen molar-refractivity contribution in [2.24, 2.45) is 0 Å². The van der Waals surface area contributed by atoms with Gasteiger partial charge in [0.1, 0.15) is 0 Å². The van der Waals surface area contributed by atoms with Crippen molar-refractivity contribution >= 4 is 23.5 Å². The largest absolute Gasteiger partial charge is 1.00 e. The van der Waals surface area contributed by atoms with Gasteiger partial charge in [0.05, 0.1) is 28.1 Å². The maximum atomic E-state index is 12.5. The van der Waals surface area contributed by atoms with E-state index in [-0.39, 0.29) is 52.8 Å². The van der Waals surface area contributed by atoms with Gasteiger partial charge in [-0.15, -0.1) is 0 Å². The predicted octanol–water partition coefficient (Wildman–Crippen LogP) is -2.44. The molecule has 1 atom stereocenters. The van der Waals surface area contributed by atoms with Gasteiger partial charge in [0.15, 0.2) is 0 Å². The van der Waals surface area contributed by atoms with Crippen LogP contribution < -0.4 is 34.7 Å². The Hall–Kier alpha value is -2.55. The van der Waals surface area contributed by atoms with Crippen molar-refractivity contribution in [2.45, 2.75) is 12.5 Å². The molecule has 2 aromatic rings. The Labute approximate surface area is 169 Å². The first-order chi connectivity index (χ1) is 11.9. The summed E-state index contributed by atoms with van der Waals surface area (Å²) in [6.07, 6.45) is -0.114. The maximum absolute atomic E-state index is 12.5. The number of non-ortho nitro benzene ring substituents is 1. The minimum atomic E-state index is -1.58. The number of aliphatic carboxylic acids is 1. The molecule has 0 spiro atoms. The molecule has 0 radical (unpaired) electrons. The maximum Gasteiger partial charge on any atom is 1.00 e. The van der Waals surface area contributed by atoms with Crippen LogP contribution in [-0.4, -0.2) is 33.6 Å². The molecule has 0 fully saturated rings. The molecule has 3 rings (SSSR count). The Kier molecular flexibility index (Phi) is 5.91. The molecule has 0 bridgehead atoms. The molecule has 2 aromatic carbocycles. The van der Waals surface area contributed by atoms with Crippen LogP contribution in [0.4, 0.5) is 5.69 Å². The van der Waals surface area contributed by atoms with Gasteiger partial charge in [-0.25, -0.2) is 0 Å². The van der Waals surface area contributed by atoms with Gasteiger partial charge in [-0.3, -0.25) is 24.6 Å². The third-order valence-electron chi connectivity index (χ3n) is 3.97. The summed E-state index contributed by atoms with van der Waals surface area (Å²) in [6.45, 7) is 0. The first-order valence-electron chi connectivity index (χ1n) is 7.31. The van der Waals surface area contributed by atoms with Crippen molar-refractivity contribution < 1.29 is 54.0 Å². The van der Waals surface area contributed by atoms with Gasteiger partial charge < -0.3 is 9.90 Å². The van der Waals surface area contributed by atoms with Gasteiger partial charge in [0.2, 0.25) is 0 Å². The smallest absolute Gasteiger partial charge is 0.548 e. The molecule has 1 unspecified atom stereocenters. The number of nitrogens with zero attached hydrogens (tertiary/aromatic N) is 2. The minimum Gasteiger partial charge on any atom is -0.548 e. The van der Waals surface area contributed by atoms with Crippen molar-refractivity contribution in [1.82, 2.24) is 4.90 Å². The van der Waals surface area contributed by atoms with Crippen molar-refractivity contribution in [2.75, 3.05) is 0 Å². The summed E-state index contributed by atoms with van der Waals surface area (Å²) in [7, 11) is 0. The summed E-state index contributed by atoms with van der Waals surface area (Å²) in [5, 5.41) is 22.4. The van der Waals surface area contributed by atoms with Crippen molar-refractivity contribution in [1.29, 1.82) is 0 Å². The van der Waals surface area contributed by atoms with Crippen LogP contribution in [0.25, 0.3) is 0 Å². The summed E-state index contributed by atoms with van der Waals surface area (Å²) in [5.74, 6) is -3.26. The van der Waals surface area contributed by atoms with E-state index >= 15 is 0 Å². The van der Waals surface area contributed by atoms with Crippen LogP contribution in [0.1, 0.15) is 26.3 Å². The van der Waals surface area contributed by atoms with E-state index in [4.69, 9.17) is 0 Å². The van der Waals surface area contributed by atoms with E-state index in [1.165, 1.54) is 0 Å². The number of carboxylic acids is 1. The molecular weight excluding hydrogens is 351 g/mol. The quantitative estimate of drug-likeness (QED) is 0.252. The van der Waals surface area contributed by atoms with E-state index in [0.29, 0.717) is 10.5 Å². The second kappa shape index (κ2) is 7.77. The molecule has 1 aliphatic heterocycles. The van der Waals surface area contributed by atoms with Crippen LogP contribution in [0.15, 0.2) is 48.5 Å². The van der Waals surface area contributed by atoms with Gasteiger partial charge in [-0.05, 0) is 18.1 Å². The number of fused-ring (bicyclic) bond motifs is 1. The van der Waals surface area contributed by atoms with Crippen LogP contribution in [0.5, 0.6) is 0 Å². The third kappa shape index (κ3) is 3.52. The van der Waals surface area contributed by atoms with E-state index < -0.39 is 28.7 Å². The fourth-order valence-electron chi connectivity index (χ4n) is 2.76. The molecule has 0 N–H and O–H groups in total. The number of nitro benzene ring substituents is 1. The van der Waals surface area contributed by atoms with Gasteiger partial charge in [-0.2, -0.15) is 0 Å². The van der Waals surface area contributed by atoms with E-state index in [1.807, 2.05) is 0 Å². The zero-order chi connectivity index (χ0) is 18.1. The molecule has 1 heterocycles. The number of imide groups is 1. The number of nitro groups is 1. The molecule has 26 heavy (non-hydrogen) atoms. The third-order valence-corrected chi connectivity index (χ3v) is 3.97. The molecule has 0 aromatic heterocycles. The number of carboxylic acid groups (broad SMARTS) is 1. The average molecular weight is 362 g/mol. The Morgan fingerprint density at radius 1 is 1.04 bits per heavy atom. The second-order valence-corrected chi connectivity index (χ2v) is 5.49. The monoisotopic (exact) mass is 362 g/mol. The van der Waals surface area contributed by atoms with Crippen LogP contribution in [0, 0.1) is 10.1 Å². The zero-order valence-electron chi connectivity index (χ0n) is 13.7. The molecule has 0 saturated heterocycles. The van der Waals surface area contributed by atoms with Gasteiger partial charge in [0, 0.05) is 12.1 Å². The topological polar surface area (TPSA) is 121 Å². The summed E-state index contributed by atoms with van der Waals surface area (Å²) in [4.78, 5) is 47.3. The van der Waals surface area contributed by atoms with E-state index in [1.54, 1.807) is 30.3 Å². The summed E-state index contributed by atoms with van der Waals surface area (Å²) >= 11 is 0. The number of carbonyl (C=O) groups is 3. The molecule has 9 heteroatoms. The van der Waals surface area contributed by atoms with Crippen molar-refractivity contribution in [3.05, 3.63) is 75.3 Å². The van der Waals surface area contributed by atoms with Crippen LogP contribution in [0.2, 0.25) is 0 Å². The number of hydrogen-bond acceptors (Lipinski definition) is 6. The molecule has 0 aliphatic carbocycles. The van der Waals surface area contributed by atoms with Crippen LogP contribution >= 0.6 is 0 Å². The summed E-state index contributed by atoms with van der Waals surface area (Å²) < 4.78 is 0. The standard InChI is InChI=1S/C17H12N2O6.Na/c20-15-12-7-6-11(19(24)25)9-13(12)16(21)18(15)14(17(22)23)8-10-4-2-1-3-5-10;/h1-7,9,14H,8H2,(H,22,23);/q;+1/p-1. The SMILES string of the molecule is O=C([O-])C(Cc1ccccc1)N1C(=O)c2ccc([N+](=O)[O-])cc2C1=O.[Na+]. The van der Waals surface area contributed by atoms with E-state index in [2.05, 4.69) is 0 Å². The molecule has 126 valence electrons. The zero-order valence-corrected chi connectivity index (χ0v) is 15.7. The number of carbonyl (C=O) groups excluding carboxylic acids is 3. The van der Waals surface area contributed by atoms with Crippen molar-refractivity contribution in [3.8, 4) is 0 Å².